The first-order chi connectivity index (χ1) is 7.89. The number of hydrogen-bond acceptors (Lipinski definition) is 4. The molecular weight excluding hydrogens is 244 g/mol. The van der Waals surface area contributed by atoms with Crippen molar-refractivity contribution >= 4 is 21.7 Å². The van der Waals surface area contributed by atoms with E-state index in [-0.39, 0.29) is 29.3 Å². The highest BCUT2D eigenvalue weighted by atomic mass is 32.2. The minimum Gasteiger partial charge on any atom is -0.299 e. The zero-order valence-corrected chi connectivity index (χ0v) is 9.61. The van der Waals surface area contributed by atoms with E-state index in [1.165, 1.54) is 24.3 Å². The molecular formula is C11H10O5S. The topological polar surface area (TPSA) is 88.5 Å². The maximum Gasteiger partial charge on any atom is 0.294 e. The van der Waals surface area contributed by atoms with E-state index in [2.05, 4.69) is 0 Å². The van der Waals surface area contributed by atoms with Crippen LogP contribution in [0, 0.1) is 0 Å². The first kappa shape index (κ1) is 11.9. The SMILES string of the molecule is O=C1CCC(=O)C1c1ccc(S(=O)(=O)O)cc1. The number of Topliss-reactive ketones (excluding diaryl/α,β-unsaturated/α-hetero) is 2. The number of ketones is 2. The van der Waals surface area contributed by atoms with Crippen LogP contribution in [0.5, 0.6) is 0 Å². The lowest BCUT2D eigenvalue weighted by Crippen LogP contribution is -2.12. The lowest BCUT2D eigenvalue weighted by molar-refractivity contribution is -0.123. The molecule has 2 rings (SSSR count). The van der Waals surface area contributed by atoms with Crippen molar-refractivity contribution in [1.82, 2.24) is 0 Å². The minimum atomic E-state index is -4.24. The van der Waals surface area contributed by atoms with Crippen LogP contribution in [0.25, 0.3) is 0 Å². The summed E-state index contributed by atoms with van der Waals surface area (Å²) in [7, 11) is -4.24. The lowest BCUT2D eigenvalue weighted by atomic mass is 9.96. The Labute approximate surface area is 98.2 Å². The van der Waals surface area contributed by atoms with Crippen LogP contribution >= 0.6 is 0 Å². The van der Waals surface area contributed by atoms with Crippen molar-refractivity contribution < 1.29 is 22.6 Å². The number of rotatable bonds is 2. The third kappa shape index (κ3) is 2.27. The molecule has 0 atom stereocenters. The molecule has 1 N–H and O–H groups in total. The molecule has 0 saturated heterocycles. The molecule has 1 aliphatic carbocycles. The first-order valence-corrected chi connectivity index (χ1v) is 6.46. The van der Waals surface area contributed by atoms with Crippen molar-refractivity contribution in [3.63, 3.8) is 0 Å². The molecule has 6 heteroatoms. The van der Waals surface area contributed by atoms with Crippen molar-refractivity contribution in [1.29, 1.82) is 0 Å². The highest BCUT2D eigenvalue weighted by molar-refractivity contribution is 7.85. The Balaban J connectivity index is 2.36. The van der Waals surface area contributed by atoms with Gasteiger partial charge in [0.05, 0.1) is 4.90 Å². The summed E-state index contributed by atoms with van der Waals surface area (Å²) < 4.78 is 30.4. The Morgan fingerprint density at radius 1 is 1.00 bits per heavy atom. The van der Waals surface area contributed by atoms with E-state index in [1.54, 1.807) is 0 Å². The average Bonchev–Trinajstić information content (AvgIpc) is 2.58. The number of carbonyl (C=O) groups excluding carboxylic acids is 2. The van der Waals surface area contributed by atoms with Gasteiger partial charge in [-0.05, 0) is 17.7 Å². The van der Waals surface area contributed by atoms with Gasteiger partial charge in [0.1, 0.15) is 17.5 Å². The Kier molecular flexibility index (Phi) is 2.84. The summed E-state index contributed by atoms with van der Waals surface area (Å²) in [6.07, 6.45) is 0.479. The quantitative estimate of drug-likeness (QED) is 0.627. The monoisotopic (exact) mass is 254 g/mol. The smallest absolute Gasteiger partial charge is 0.294 e. The van der Waals surface area contributed by atoms with Gasteiger partial charge in [-0.15, -0.1) is 0 Å². The van der Waals surface area contributed by atoms with Crippen LogP contribution in [0.1, 0.15) is 24.3 Å². The van der Waals surface area contributed by atoms with Gasteiger partial charge in [-0.3, -0.25) is 14.1 Å². The van der Waals surface area contributed by atoms with Gasteiger partial charge >= 0.3 is 0 Å². The molecule has 0 spiro atoms. The van der Waals surface area contributed by atoms with Gasteiger partial charge in [-0.1, -0.05) is 12.1 Å². The van der Waals surface area contributed by atoms with E-state index in [4.69, 9.17) is 4.55 Å². The van der Waals surface area contributed by atoms with Crippen molar-refractivity contribution in [2.75, 3.05) is 0 Å². The van der Waals surface area contributed by atoms with Gasteiger partial charge in [0.15, 0.2) is 0 Å². The summed E-state index contributed by atoms with van der Waals surface area (Å²) in [5, 5.41) is 0. The van der Waals surface area contributed by atoms with Crippen LogP contribution in [0.2, 0.25) is 0 Å². The number of hydrogen-bond donors (Lipinski definition) is 1. The lowest BCUT2D eigenvalue weighted by Gasteiger charge is -2.07. The summed E-state index contributed by atoms with van der Waals surface area (Å²) in [5.74, 6) is -1.06. The highest BCUT2D eigenvalue weighted by Crippen LogP contribution is 2.28. The molecule has 0 bridgehead atoms. The van der Waals surface area contributed by atoms with E-state index < -0.39 is 16.0 Å². The molecule has 0 radical (unpaired) electrons. The second-order valence-electron chi connectivity index (χ2n) is 3.91. The normalized spacial score (nSPS) is 17.7. The molecule has 5 nitrogen and oxygen atoms in total. The molecule has 0 aromatic heterocycles. The summed E-state index contributed by atoms with van der Waals surface area (Å²) in [6.45, 7) is 0. The van der Waals surface area contributed by atoms with Gasteiger partial charge in [0, 0.05) is 12.8 Å². The largest absolute Gasteiger partial charge is 0.299 e. The molecule has 0 heterocycles. The maximum atomic E-state index is 11.5. The van der Waals surface area contributed by atoms with Crippen LogP contribution in [0.15, 0.2) is 29.2 Å². The fourth-order valence-corrected chi connectivity index (χ4v) is 2.40. The van der Waals surface area contributed by atoms with E-state index >= 15 is 0 Å². The molecule has 1 aromatic carbocycles. The van der Waals surface area contributed by atoms with Crippen molar-refractivity contribution in [3.8, 4) is 0 Å². The third-order valence-electron chi connectivity index (χ3n) is 2.77. The summed E-state index contributed by atoms with van der Waals surface area (Å²) in [5.41, 5.74) is 0.477. The molecule has 0 aliphatic heterocycles. The first-order valence-electron chi connectivity index (χ1n) is 5.02. The van der Waals surface area contributed by atoms with E-state index in [0.717, 1.165) is 0 Å². The molecule has 1 aliphatic rings. The predicted octanol–water partition coefficient (Wildman–Crippen LogP) is 0.949. The Bertz CT molecular complexity index is 554. The standard InChI is InChI=1S/C11H10O5S/c12-9-5-6-10(13)11(9)7-1-3-8(4-2-7)17(14,15)16/h1-4,11H,5-6H2,(H,14,15,16). The second-order valence-corrected chi connectivity index (χ2v) is 5.33. The van der Waals surface area contributed by atoms with Crippen LogP contribution < -0.4 is 0 Å². The van der Waals surface area contributed by atoms with Gasteiger partial charge < -0.3 is 0 Å². The van der Waals surface area contributed by atoms with Crippen LogP contribution in [-0.2, 0) is 19.7 Å². The van der Waals surface area contributed by atoms with E-state index in [0.29, 0.717) is 5.56 Å². The van der Waals surface area contributed by atoms with Crippen molar-refractivity contribution in [2.45, 2.75) is 23.7 Å². The van der Waals surface area contributed by atoms with Gasteiger partial charge in [-0.2, -0.15) is 8.42 Å². The fourth-order valence-electron chi connectivity index (χ4n) is 1.92. The van der Waals surface area contributed by atoms with Crippen molar-refractivity contribution in [3.05, 3.63) is 29.8 Å². The van der Waals surface area contributed by atoms with E-state index in [1.807, 2.05) is 0 Å². The fraction of sp³-hybridized carbons (Fsp3) is 0.273. The Morgan fingerprint density at radius 2 is 1.47 bits per heavy atom. The molecule has 0 amide bonds. The van der Waals surface area contributed by atoms with Crippen LogP contribution in [0.3, 0.4) is 0 Å². The summed E-state index contributed by atoms with van der Waals surface area (Å²) >= 11 is 0. The molecule has 1 saturated carbocycles. The third-order valence-corrected chi connectivity index (χ3v) is 3.64. The minimum absolute atomic E-state index is 0.144. The highest BCUT2D eigenvalue weighted by Gasteiger charge is 2.34. The number of carbonyl (C=O) groups is 2. The molecule has 90 valence electrons. The Morgan fingerprint density at radius 3 is 1.88 bits per heavy atom. The van der Waals surface area contributed by atoms with Crippen LogP contribution in [0.4, 0.5) is 0 Å². The maximum absolute atomic E-state index is 11.5. The molecule has 1 fully saturated rings. The molecule has 17 heavy (non-hydrogen) atoms. The molecule has 1 aromatic rings. The predicted molar refractivity (Wildman–Crippen MR) is 58.2 cm³/mol. The summed E-state index contributed by atoms with van der Waals surface area (Å²) in [4.78, 5) is 22.7. The van der Waals surface area contributed by atoms with Gasteiger partial charge in [0.2, 0.25) is 0 Å². The molecule has 0 unspecified atom stereocenters. The average molecular weight is 254 g/mol. The second kappa shape index (κ2) is 4.05. The van der Waals surface area contributed by atoms with Gasteiger partial charge in [-0.25, -0.2) is 0 Å². The van der Waals surface area contributed by atoms with Crippen LogP contribution in [-0.4, -0.2) is 24.5 Å². The number of benzene rings is 1. The van der Waals surface area contributed by atoms with Crippen molar-refractivity contribution in [2.24, 2.45) is 0 Å². The van der Waals surface area contributed by atoms with E-state index in [9.17, 15) is 18.0 Å². The zero-order chi connectivity index (χ0) is 12.6. The van der Waals surface area contributed by atoms with Gasteiger partial charge in [0.25, 0.3) is 10.1 Å². The zero-order valence-electron chi connectivity index (χ0n) is 8.79. The Hall–Kier alpha value is -1.53. The summed E-state index contributed by atoms with van der Waals surface area (Å²) in [6, 6.07) is 5.14.